The fourth-order valence-electron chi connectivity index (χ4n) is 5.28. The Kier molecular flexibility index (Phi) is 5.72. The van der Waals surface area contributed by atoms with E-state index >= 15 is 0 Å². The molecule has 4 heterocycles. The van der Waals surface area contributed by atoms with Crippen LogP contribution in [0.25, 0.3) is 0 Å². The lowest BCUT2D eigenvalue weighted by atomic mass is 9.83. The number of nitrogen functional groups attached to an aromatic ring is 2. The Hall–Kier alpha value is -2.32. The van der Waals surface area contributed by atoms with Crippen molar-refractivity contribution in [1.82, 2.24) is 0 Å². The normalized spacial score (nSPS) is 26.1. The van der Waals surface area contributed by atoms with Crippen LogP contribution in [0.1, 0.15) is 44.5 Å². The van der Waals surface area contributed by atoms with Crippen molar-refractivity contribution in [1.29, 1.82) is 0 Å². The number of rotatable bonds is 10. The molecule has 7 heteroatoms. The zero-order chi connectivity index (χ0) is 24.4. The van der Waals surface area contributed by atoms with Crippen LogP contribution in [-0.2, 0) is 44.6 Å². The van der Waals surface area contributed by atoms with Gasteiger partial charge in [-0.25, -0.2) is 0 Å². The summed E-state index contributed by atoms with van der Waals surface area (Å²) in [5.41, 5.74) is 23.6. The van der Waals surface area contributed by atoms with Crippen LogP contribution >= 0.6 is 0 Å². The van der Waals surface area contributed by atoms with Crippen LogP contribution in [0, 0.1) is 27.7 Å². The van der Waals surface area contributed by atoms with Crippen molar-refractivity contribution in [3.8, 4) is 11.5 Å². The number of epoxide rings is 4. The van der Waals surface area contributed by atoms with Crippen molar-refractivity contribution in [3.63, 3.8) is 0 Å². The fourth-order valence-corrected chi connectivity index (χ4v) is 5.28. The van der Waals surface area contributed by atoms with Gasteiger partial charge in [-0.15, -0.1) is 0 Å². The maximum absolute atomic E-state index is 6.83. The molecule has 4 unspecified atom stereocenters. The van der Waals surface area contributed by atoms with Gasteiger partial charge in [0.1, 0.15) is 5.75 Å². The molecule has 0 saturated carbocycles. The quantitative estimate of drug-likeness (QED) is 0.394. The van der Waals surface area contributed by atoms with Crippen molar-refractivity contribution >= 4 is 11.4 Å². The number of ether oxygens (including phenoxy) is 5. The van der Waals surface area contributed by atoms with Gasteiger partial charge in [0.15, 0.2) is 5.75 Å². The van der Waals surface area contributed by atoms with E-state index < -0.39 is 0 Å². The molecule has 2 aromatic rings. The van der Waals surface area contributed by atoms with Gasteiger partial charge in [0.05, 0.1) is 62.2 Å². The van der Waals surface area contributed by atoms with Crippen LogP contribution in [0.3, 0.4) is 0 Å². The standard InChI is InChI=1S/C28H36N2O5/c1-13-14(2)25(29)26(30)28(15(13)3)35-27-16(4)21(5-17-9-31-17)22(6-18-10-32-18)23(7-19-11-33-19)24(27)8-20-12-34-20/h17-20H,5-12,29-30H2,1-4H3. The molecule has 4 aliphatic rings. The van der Waals surface area contributed by atoms with Gasteiger partial charge < -0.3 is 35.2 Å². The third-order valence-electron chi connectivity index (χ3n) is 8.11. The van der Waals surface area contributed by atoms with Gasteiger partial charge in [0, 0.05) is 31.2 Å². The first-order valence-electron chi connectivity index (χ1n) is 12.8. The fraction of sp³-hybridized carbons (Fsp3) is 0.571. The minimum absolute atomic E-state index is 0.224. The summed E-state index contributed by atoms with van der Waals surface area (Å²) in [7, 11) is 0. The molecule has 4 aliphatic heterocycles. The lowest BCUT2D eigenvalue weighted by molar-refractivity contribution is 0.390. The minimum atomic E-state index is 0.224. The third kappa shape index (κ3) is 4.62. The minimum Gasteiger partial charge on any atom is -0.454 e. The first-order chi connectivity index (χ1) is 16.8. The second-order valence-electron chi connectivity index (χ2n) is 10.6. The zero-order valence-electron chi connectivity index (χ0n) is 21.2. The molecule has 35 heavy (non-hydrogen) atoms. The molecule has 188 valence electrons. The highest BCUT2D eigenvalue weighted by Crippen LogP contribution is 2.46. The van der Waals surface area contributed by atoms with E-state index in [1.54, 1.807) is 0 Å². The van der Waals surface area contributed by atoms with Crippen LogP contribution in [0.4, 0.5) is 11.4 Å². The number of benzene rings is 2. The summed E-state index contributed by atoms with van der Waals surface area (Å²) < 4.78 is 29.6. The monoisotopic (exact) mass is 480 g/mol. The summed E-state index contributed by atoms with van der Waals surface area (Å²) >= 11 is 0. The molecule has 4 saturated heterocycles. The predicted molar refractivity (Wildman–Crippen MR) is 135 cm³/mol. The highest BCUT2D eigenvalue weighted by atomic mass is 16.6. The molecule has 4 N–H and O–H groups in total. The summed E-state index contributed by atoms with van der Waals surface area (Å²) in [6.45, 7) is 11.6. The van der Waals surface area contributed by atoms with E-state index in [4.69, 9.17) is 35.2 Å². The Bertz CT molecular complexity index is 1150. The summed E-state index contributed by atoms with van der Waals surface area (Å²) in [5, 5.41) is 0. The van der Waals surface area contributed by atoms with Gasteiger partial charge in [-0.1, -0.05) is 0 Å². The number of nitrogens with two attached hydrogens (primary N) is 2. The van der Waals surface area contributed by atoms with E-state index in [9.17, 15) is 0 Å². The number of hydrogen-bond acceptors (Lipinski definition) is 7. The molecular weight excluding hydrogens is 444 g/mol. The average Bonchev–Trinajstić information content (AvgIpc) is 3.67. The second-order valence-corrected chi connectivity index (χ2v) is 10.6. The van der Waals surface area contributed by atoms with Crippen molar-refractivity contribution in [3.05, 3.63) is 44.5 Å². The molecule has 0 amide bonds. The van der Waals surface area contributed by atoms with E-state index in [0.29, 0.717) is 23.2 Å². The Labute approximate surface area is 207 Å². The summed E-state index contributed by atoms with van der Waals surface area (Å²) in [6, 6.07) is 0. The molecule has 7 nitrogen and oxygen atoms in total. The molecule has 0 aromatic heterocycles. The van der Waals surface area contributed by atoms with E-state index in [0.717, 1.165) is 80.1 Å². The van der Waals surface area contributed by atoms with Crippen LogP contribution in [0.5, 0.6) is 11.5 Å². The predicted octanol–water partition coefficient (Wildman–Crippen LogP) is 3.64. The van der Waals surface area contributed by atoms with Crippen LogP contribution < -0.4 is 16.2 Å². The molecule has 0 spiro atoms. The number of hydrogen-bond donors (Lipinski definition) is 2. The largest absolute Gasteiger partial charge is 0.454 e. The summed E-state index contributed by atoms with van der Waals surface area (Å²) in [4.78, 5) is 0. The first-order valence-corrected chi connectivity index (χ1v) is 12.8. The molecule has 0 bridgehead atoms. The van der Waals surface area contributed by atoms with Crippen molar-refractivity contribution in [2.24, 2.45) is 0 Å². The average molecular weight is 481 g/mol. The molecular formula is C28H36N2O5. The summed E-state index contributed by atoms with van der Waals surface area (Å²) in [5.74, 6) is 1.55. The SMILES string of the molecule is Cc1c(C)c(N)c(N)c(Oc2c(C)c(CC3CO3)c(CC3CO3)c(CC3CO3)c2CC2CO2)c1C. The molecule has 0 aliphatic carbocycles. The maximum Gasteiger partial charge on any atom is 0.155 e. The Morgan fingerprint density at radius 1 is 0.543 bits per heavy atom. The lowest BCUT2D eigenvalue weighted by Crippen LogP contribution is -2.16. The maximum atomic E-state index is 6.83. The molecule has 0 radical (unpaired) electrons. The smallest absolute Gasteiger partial charge is 0.155 e. The summed E-state index contributed by atoms with van der Waals surface area (Å²) in [6.07, 6.45) is 4.54. The van der Waals surface area contributed by atoms with Crippen LogP contribution in [0.15, 0.2) is 0 Å². The molecule has 6 rings (SSSR count). The van der Waals surface area contributed by atoms with Gasteiger partial charge in [-0.2, -0.15) is 0 Å². The molecule has 4 atom stereocenters. The Morgan fingerprint density at radius 3 is 1.46 bits per heavy atom. The highest BCUT2D eigenvalue weighted by molar-refractivity contribution is 5.79. The molecule has 4 fully saturated rings. The van der Waals surface area contributed by atoms with Gasteiger partial charge >= 0.3 is 0 Å². The van der Waals surface area contributed by atoms with Crippen molar-refractivity contribution in [2.75, 3.05) is 37.9 Å². The van der Waals surface area contributed by atoms with Crippen LogP contribution in [-0.4, -0.2) is 50.8 Å². The van der Waals surface area contributed by atoms with E-state index in [1.165, 1.54) is 22.3 Å². The number of anilines is 2. The lowest BCUT2D eigenvalue weighted by Gasteiger charge is -2.26. The van der Waals surface area contributed by atoms with E-state index in [-0.39, 0.29) is 18.3 Å². The second kappa shape index (κ2) is 8.66. The zero-order valence-corrected chi connectivity index (χ0v) is 21.2. The van der Waals surface area contributed by atoms with Gasteiger partial charge in [0.2, 0.25) is 0 Å². The van der Waals surface area contributed by atoms with Gasteiger partial charge in [-0.05, 0) is 66.6 Å². The molecule has 2 aromatic carbocycles. The highest BCUT2D eigenvalue weighted by Gasteiger charge is 2.37. The van der Waals surface area contributed by atoms with Crippen LogP contribution in [0.2, 0.25) is 0 Å². The Morgan fingerprint density at radius 2 is 0.971 bits per heavy atom. The van der Waals surface area contributed by atoms with Crippen molar-refractivity contribution in [2.45, 2.75) is 77.8 Å². The van der Waals surface area contributed by atoms with E-state index in [2.05, 4.69) is 20.8 Å². The topological polar surface area (TPSA) is 111 Å². The first kappa shape index (κ1) is 23.1. The van der Waals surface area contributed by atoms with Gasteiger partial charge in [-0.3, -0.25) is 0 Å². The van der Waals surface area contributed by atoms with E-state index in [1.807, 2.05) is 6.92 Å². The van der Waals surface area contributed by atoms with Crippen molar-refractivity contribution < 1.29 is 23.7 Å². The Balaban J connectivity index is 1.53. The van der Waals surface area contributed by atoms with Gasteiger partial charge in [0.25, 0.3) is 0 Å². The third-order valence-corrected chi connectivity index (χ3v) is 8.11.